The summed E-state index contributed by atoms with van der Waals surface area (Å²) < 4.78 is 0. The van der Waals surface area contributed by atoms with Crippen molar-refractivity contribution in [1.29, 1.82) is 0 Å². The number of fused-ring (bicyclic) bond motifs is 1. The van der Waals surface area contributed by atoms with Gasteiger partial charge in [-0.05, 0) is 31.9 Å². The van der Waals surface area contributed by atoms with Gasteiger partial charge in [0.15, 0.2) is 5.75 Å². The molecule has 1 aromatic carbocycles. The number of hydrogen-bond donors (Lipinski definition) is 1. The second-order valence-electron chi connectivity index (χ2n) is 4.65. The van der Waals surface area contributed by atoms with Crippen molar-refractivity contribution in [3.63, 3.8) is 0 Å². The van der Waals surface area contributed by atoms with Crippen LogP contribution in [0.2, 0.25) is 0 Å². The summed E-state index contributed by atoms with van der Waals surface area (Å²) >= 11 is 0. The zero-order valence-electron chi connectivity index (χ0n) is 9.32. The average molecular weight is 222 g/mol. The summed E-state index contributed by atoms with van der Waals surface area (Å²) in [7, 11) is 0. The first-order chi connectivity index (χ1) is 7.49. The molecule has 1 aliphatic rings. The van der Waals surface area contributed by atoms with Gasteiger partial charge in [0.05, 0.1) is 5.41 Å². The molecule has 0 fully saturated rings. The molecular weight excluding hydrogens is 208 g/mol. The Kier molecular flexibility index (Phi) is 2.59. The highest BCUT2D eigenvalue weighted by Gasteiger charge is 2.28. The molecule has 16 heavy (non-hydrogen) atoms. The molecule has 1 aromatic rings. The lowest BCUT2D eigenvalue weighted by atomic mass is 9.85. The van der Waals surface area contributed by atoms with Crippen LogP contribution >= 0.6 is 0 Å². The van der Waals surface area contributed by atoms with Gasteiger partial charge in [-0.3, -0.25) is 4.79 Å². The molecule has 4 heteroatoms. The molecule has 86 valence electrons. The van der Waals surface area contributed by atoms with E-state index in [0.717, 1.165) is 11.1 Å². The quantitative estimate of drug-likeness (QED) is 0.796. The van der Waals surface area contributed by atoms with E-state index in [-0.39, 0.29) is 0 Å². The van der Waals surface area contributed by atoms with E-state index >= 15 is 0 Å². The monoisotopic (exact) mass is 222 g/mol. The zero-order chi connectivity index (χ0) is 11.8. The van der Waals surface area contributed by atoms with Crippen LogP contribution in [0.5, 0.6) is 5.75 Å². The first-order valence-electron chi connectivity index (χ1n) is 5.14. The molecule has 0 bridgehead atoms. The van der Waals surface area contributed by atoms with E-state index in [2.05, 4.69) is 0 Å². The normalized spacial score (nSPS) is 14.4. The summed E-state index contributed by atoms with van der Waals surface area (Å²) in [4.78, 5) is 20.8. The molecular formula is C12H14O4. The van der Waals surface area contributed by atoms with Gasteiger partial charge in [-0.1, -0.05) is 12.1 Å². The highest BCUT2D eigenvalue weighted by molar-refractivity contribution is 5.74. The Morgan fingerprint density at radius 1 is 1.50 bits per heavy atom. The van der Waals surface area contributed by atoms with E-state index in [1.54, 1.807) is 13.8 Å². The fourth-order valence-electron chi connectivity index (χ4n) is 1.65. The summed E-state index contributed by atoms with van der Waals surface area (Å²) in [5, 5.41) is 9.04. The summed E-state index contributed by atoms with van der Waals surface area (Å²) in [5.41, 5.74) is 1.17. The smallest absolute Gasteiger partial charge is 0.309 e. The minimum Gasteiger partial charge on any atom is -0.481 e. The van der Waals surface area contributed by atoms with Gasteiger partial charge < -0.3 is 9.99 Å². The summed E-state index contributed by atoms with van der Waals surface area (Å²) in [6, 6.07) is 5.67. The predicted molar refractivity (Wildman–Crippen MR) is 57.0 cm³/mol. The maximum atomic E-state index is 11.0. The molecule has 1 heterocycles. The highest BCUT2D eigenvalue weighted by Crippen LogP contribution is 2.30. The molecule has 0 saturated carbocycles. The molecule has 0 radical (unpaired) electrons. The van der Waals surface area contributed by atoms with Gasteiger partial charge in [-0.25, -0.2) is 0 Å². The molecule has 4 nitrogen and oxygen atoms in total. The summed E-state index contributed by atoms with van der Waals surface area (Å²) in [6.07, 6.45) is 0.471. The van der Waals surface area contributed by atoms with Crippen molar-refractivity contribution in [1.82, 2.24) is 0 Å². The highest BCUT2D eigenvalue weighted by atomic mass is 17.2. The third-order valence-corrected chi connectivity index (χ3v) is 2.72. The first kappa shape index (κ1) is 11.0. The van der Waals surface area contributed by atoms with Gasteiger partial charge in [0.2, 0.25) is 0 Å². The van der Waals surface area contributed by atoms with Crippen molar-refractivity contribution >= 4 is 5.97 Å². The average Bonchev–Trinajstić information content (AvgIpc) is 2.63. The largest absolute Gasteiger partial charge is 0.481 e. The molecule has 0 atom stereocenters. The molecule has 2 rings (SSSR count). The molecule has 1 aliphatic heterocycles. The van der Waals surface area contributed by atoms with E-state index in [9.17, 15) is 4.79 Å². The van der Waals surface area contributed by atoms with E-state index < -0.39 is 11.4 Å². The number of benzene rings is 1. The molecule has 0 saturated heterocycles. The summed E-state index contributed by atoms with van der Waals surface area (Å²) in [6.45, 7) is 3.87. The molecule has 0 aliphatic carbocycles. The topological polar surface area (TPSA) is 55.8 Å². The van der Waals surface area contributed by atoms with Crippen LogP contribution in [0.3, 0.4) is 0 Å². The van der Waals surface area contributed by atoms with E-state index in [4.69, 9.17) is 14.9 Å². The van der Waals surface area contributed by atoms with Gasteiger partial charge in [0.25, 0.3) is 0 Å². The Morgan fingerprint density at radius 3 is 2.94 bits per heavy atom. The van der Waals surface area contributed by atoms with E-state index in [1.165, 1.54) is 0 Å². The lowest BCUT2D eigenvalue weighted by molar-refractivity contribution is -0.194. The van der Waals surface area contributed by atoms with Crippen LogP contribution in [0.4, 0.5) is 0 Å². The first-order valence-corrected chi connectivity index (χ1v) is 5.14. The van der Waals surface area contributed by atoms with Crippen LogP contribution in [0.15, 0.2) is 18.2 Å². The van der Waals surface area contributed by atoms with Crippen LogP contribution in [0, 0.1) is 5.41 Å². The third-order valence-electron chi connectivity index (χ3n) is 2.72. The second kappa shape index (κ2) is 3.79. The second-order valence-corrected chi connectivity index (χ2v) is 4.65. The molecule has 1 N–H and O–H groups in total. The Labute approximate surface area is 93.7 Å². The van der Waals surface area contributed by atoms with Gasteiger partial charge in [-0.15, -0.1) is 0 Å². The molecule has 0 unspecified atom stereocenters. The van der Waals surface area contributed by atoms with E-state index in [0.29, 0.717) is 18.8 Å². The van der Waals surface area contributed by atoms with Crippen molar-refractivity contribution in [3.05, 3.63) is 29.3 Å². The molecule has 0 spiro atoms. The van der Waals surface area contributed by atoms with Gasteiger partial charge >= 0.3 is 5.97 Å². The fourth-order valence-corrected chi connectivity index (χ4v) is 1.65. The van der Waals surface area contributed by atoms with Crippen LogP contribution in [0.1, 0.15) is 25.0 Å². The number of carboxylic acids is 1. The number of carboxylic acid groups (broad SMARTS) is 1. The lowest BCUT2D eigenvalue weighted by Gasteiger charge is -2.18. The van der Waals surface area contributed by atoms with Gasteiger partial charge in [0.1, 0.15) is 6.61 Å². The van der Waals surface area contributed by atoms with Crippen LogP contribution < -0.4 is 4.89 Å². The predicted octanol–water partition coefficient (Wildman–Crippen LogP) is 2.16. The fraction of sp³-hybridized carbons (Fsp3) is 0.417. The van der Waals surface area contributed by atoms with E-state index in [1.807, 2.05) is 18.2 Å². The van der Waals surface area contributed by atoms with Crippen LogP contribution in [0.25, 0.3) is 0 Å². The Balaban J connectivity index is 2.20. The summed E-state index contributed by atoms with van der Waals surface area (Å²) in [5.74, 6) is -0.108. The minimum absolute atomic E-state index is 0.456. The zero-order valence-corrected chi connectivity index (χ0v) is 9.32. The van der Waals surface area contributed by atoms with Gasteiger partial charge in [0, 0.05) is 5.56 Å². The number of rotatable bonds is 3. The number of carbonyl (C=O) groups is 1. The van der Waals surface area contributed by atoms with Crippen molar-refractivity contribution in [2.45, 2.75) is 26.9 Å². The third kappa shape index (κ3) is 2.02. The maximum Gasteiger partial charge on any atom is 0.309 e. The number of aliphatic carboxylic acids is 1. The molecule has 0 amide bonds. The van der Waals surface area contributed by atoms with Crippen molar-refractivity contribution in [2.75, 3.05) is 0 Å². The molecule has 0 aromatic heterocycles. The Morgan fingerprint density at radius 2 is 2.25 bits per heavy atom. The maximum absolute atomic E-state index is 11.0. The Bertz CT molecular complexity index is 423. The SMILES string of the molecule is CC(C)(Cc1ccc2c(c1)OOC2)C(=O)O. The van der Waals surface area contributed by atoms with Gasteiger partial charge in [-0.2, -0.15) is 4.89 Å². The van der Waals surface area contributed by atoms with Crippen LogP contribution in [-0.2, 0) is 22.7 Å². The van der Waals surface area contributed by atoms with Crippen molar-refractivity contribution in [2.24, 2.45) is 5.41 Å². The van der Waals surface area contributed by atoms with Crippen molar-refractivity contribution in [3.8, 4) is 5.75 Å². The minimum atomic E-state index is -0.801. The lowest BCUT2D eigenvalue weighted by Crippen LogP contribution is -2.26. The number of hydrogen-bond acceptors (Lipinski definition) is 3. The standard InChI is InChI=1S/C12H14O4/c1-12(2,11(13)14)6-8-3-4-9-7-15-16-10(9)5-8/h3-5H,6-7H2,1-2H3,(H,13,14). The van der Waals surface area contributed by atoms with Crippen molar-refractivity contribution < 1.29 is 19.7 Å². The van der Waals surface area contributed by atoms with Crippen LogP contribution in [-0.4, -0.2) is 11.1 Å². The Hall–Kier alpha value is -1.55.